The molecule has 68 heavy (non-hydrogen) atoms. The average Bonchev–Trinajstić information content (AvgIpc) is 3.31. The van der Waals surface area contributed by atoms with Crippen molar-refractivity contribution >= 4 is 22.1 Å². The highest BCUT2D eigenvalue weighted by Crippen LogP contribution is 2.24. The highest BCUT2D eigenvalue weighted by atomic mass is 32.2. The topological polar surface area (TPSA) is 186 Å². The summed E-state index contributed by atoms with van der Waals surface area (Å²) in [6, 6.07) is 0. The average molecular weight is 992 g/mol. The van der Waals surface area contributed by atoms with Crippen LogP contribution in [0.3, 0.4) is 0 Å². The van der Waals surface area contributed by atoms with Crippen LogP contribution in [0.1, 0.15) is 284 Å². The number of carbonyl (C=O) groups excluding carboxylic acids is 2. The Morgan fingerprint density at radius 1 is 0.441 bits per heavy atom. The van der Waals surface area contributed by atoms with Gasteiger partial charge in [-0.1, -0.05) is 258 Å². The van der Waals surface area contributed by atoms with Crippen molar-refractivity contribution in [1.29, 1.82) is 0 Å². The molecular formula is C55H106O12S. The number of carbonyl (C=O) groups is 2. The molecule has 0 bridgehead atoms. The van der Waals surface area contributed by atoms with Gasteiger partial charge in [0.2, 0.25) is 0 Å². The molecule has 1 fully saturated rings. The van der Waals surface area contributed by atoms with Crippen molar-refractivity contribution in [3.8, 4) is 0 Å². The summed E-state index contributed by atoms with van der Waals surface area (Å²) in [7, 11) is -4.60. The monoisotopic (exact) mass is 991 g/mol. The molecular weight excluding hydrogens is 885 g/mol. The number of ether oxygens (including phenoxy) is 4. The first-order valence-electron chi connectivity index (χ1n) is 28.6. The van der Waals surface area contributed by atoms with Gasteiger partial charge >= 0.3 is 11.9 Å². The molecule has 404 valence electrons. The van der Waals surface area contributed by atoms with E-state index >= 15 is 0 Å². The van der Waals surface area contributed by atoms with Crippen molar-refractivity contribution in [2.45, 2.75) is 320 Å². The largest absolute Gasteiger partial charge is 0.462 e. The molecule has 4 N–H and O–H groups in total. The minimum atomic E-state index is -4.60. The SMILES string of the molecule is CCCCCCCCCCCCCCCCCCCCCCCC(=O)OC(COC(=O)CCCCCCCCCCCCCCCCCCCCC)COC1OC(CS(=O)(=O)O)C(O)C(O)C1O. The second-order valence-electron chi connectivity index (χ2n) is 20.3. The fourth-order valence-electron chi connectivity index (χ4n) is 9.27. The van der Waals surface area contributed by atoms with Gasteiger partial charge in [0.15, 0.2) is 12.4 Å². The van der Waals surface area contributed by atoms with E-state index in [1.54, 1.807) is 0 Å². The molecule has 0 aromatic heterocycles. The molecule has 1 heterocycles. The quantitative estimate of drug-likeness (QED) is 0.0257. The Hall–Kier alpha value is -1.35. The highest BCUT2D eigenvalue weighted by Gasteiger charge is 2.46. The van der Waals surface area contributed by atoms with E-state index < -0.39 is 71.2 Å². The van der Waals surface area contributed by atoms with Gasteiger partial charge in [0.1, 0.15) is 36.8 Å². The Morgan fingerprint density at radius 2 is 0.750 bits per heavy atom. The van der Waals surface area contributed by atoms with E-state index in [-0.39, 0.29) is 19.4 Å². The Kier molecular flexibility index (Phi) is 43.3. The van der Waals surface area contributed by atoms with Crippen LogP contribution in [-0.2, 0) is 38.7 Å². The number of hydrogen-bond acceptors (Lipinski definition) is 11. The van der Waals surface area contributed by atoms with Crippen molar-refractivity contribution < 1.29 is 56.8 Å². The van der Waals surface area contributed by atoms with Gasteiger partial charge in [-0.2, -0.15) is 8.42 Å². The van der Waals surface area contributed by atoms with Gasteiger partial charge < -0.3 is 34.3 Å². The lowest BCUT2D eigenvalue weighted by molar-refractivity contribution is -0.297. The molecule has 12 nitrogen and oxygen atoms in total. The predicted molar refractivity (Wildman–Crippen MR) is 275 cm³/mol. The van der Waals surface area contributed by atoms with Crippen LogP contribution in [0.15, 0.2) is 0 Å². The van der Waals surface area contributed by atoms with Crippen LogP contribution in [0.4, 0.5) is 0 Å². The lowest BCUT2D eigenvalue weighted by atomic mass is 10.00. The maximum Gasteiger partial charge on any atom is 0.306 e. The number of rotatable bonds is 50. The summed E-state index contributed by atoms with van der Waals surface area (Å²) in [6.45, 7) is 3.84. The van der Waals surface area contributed by atoms with Gasteiger partial charge in [-0.3, -0.25) is 14.1 Å². The molecule has 0 saturated carbocycles. The smallest absolute Gasteiger partial charge is 0.306 e. The second kappa shape index (κ2) is 45.5. The van der Waals surface area contributed by atoms with Gasteiger partial charge in [-0.25, -0.2) is 0 Å². The van der Waals surface area contributed by atoms with Crippen LogP contribution < -0.4 is 0 Å². The van der Waals surface area contributed by atoms with Gasteiger partial charge in [-0.05, 0) is 12.8 Å². The normalized spacial score (nSPS) is 19.1. The molecule has 0 aromatic carbocycles. The summed E-state index contributed by atoms with van der Waals surface area (Å²) in [4.78, 5) is 25.6. The summed E-state index contributed by atoms with van der Waals surface area (Å²) < 4.78 is 54.4. The first kappa shape index (κ1) is 64.7. The van der Waals surface area contributed by atoms with Crippen molar-refractivity contribution in [3.05, 3.63) is 0 Å². The highest BCUT2D eigenvalue weighted by molar-refractivity contribution is 7.85. The second-order valence-corrected chi connectivity index (χ2v) is 21.8. The van der Waals surface area contributed by atoms with Crippen molar-refractivity contribution in [3.63, 3.8) is 0 Å². The molecule has 6 unspecified atom stereocenters. The molecule has 0 spiro atoms. The summed E-state index contributed by atoms with van der Waals surface area (Å²) in [5.41, 5.74) is 0. The van der Waals surface area contributed by atoms with Gasteiger partial charge in [0.25, 0.3) is 10.1 Å². The molecule has 1 aliphatic rings. The lowest BCUT2D eigenvalue weighted by Crippen LogP contribution is -2.60. The third-order valence-corrected chi connectivity index (χ3v) is 14.4. The molecule has 6 atom stereocenters. The van der Waals surface area contributed by atoms with E-state index in [9.17, 15) is 37.9 Å². The zero-order valence-corrected chi connectivity index (χ0v) is 44.6. The van der Waals surface area contributed by atoms with Crippen molar-refractivity contribution in [1.82, 2.24) is 0 Å². The van der Waals surface area contributed by atoms with Crippen molar-refractivity contribution in [2.75, 3.05) is 19.0 Å². The van der Waals surface area contributed by atoms with Crippen molar-refractivity contribution in [2.24, 2.45) is 0 Å². The van der Waals surface area contributed by atoms with Gasteiger partial charge in [-0.15, -0.1) is 0 Å². The molecule has 0 amide bonds. The van der Waals surface area contributed by atoms with E-state index in [0.29, 0.717) is 12.8 Å². The third-order valence-electron chi connectivity index (χ3n) is 13.7. The molecule has 0 aromatic rings. The summed E-state index contributed by atoms with van der Waals surface area (Å²) in [5.74, 6) is -1.95. The maximum atomic E-state index is 12.9. The summed E-state index contributed by atoms with van der Waals surface area (Å²) >= 11 is 0. The van der Waals surface area contributed by atoms with Crippen LogP contribution in [0.2, 0.25) is 0 Å². The molecule has 0 aliphatic carbocycles. The summed E-state index contributed by atoms with van der Waals surface area (Å²) in [5, 5.41) is 31.0. The van der Waals surface area contributed by atoms with Crippen LogP contribution in [0.5, 0.6) is 0 Å². The number of esters is 2. The Balaban J connectivity index is 2.30. The van der Waals surface area contributed by atoms with E-state index in [1.807, 2.05) is 0 Å². The van der Waals surface area contributed by atoms with Gasteiger partial charge in [0, 0.05) is 12.8 Å². The number of unbranched alkanes of at least 4 members (excludes halogenated alkanes) is 38. The van der Waals surface area contributed by atoms with E-state index in [1.165, 1.54) is 205 Å². The fraction of sp³-hybridized carbons (Fsp3) is 0.964. The fourth-order valence-corrected chi connectivity index (χ4v) is 9.96. The summed E-state index contributed by atoms with van der Waals surface area (Å²) in [6.07, 6.45) is 41.4. The van der Waals surface area contributed by atoms with Crippen LogP contribution in [0.25, 0.3) is 0 Å². The molecule has 1 aliphatic heterocycles. The van der Waals surface area contributed by atoms with Crippen LogP contribution in [0, 0.1) is 0 Å². The first-order chi connectivity index (χ1) is 33.0. The number of aliphatic hydroxyl groups is 3. The zero-order valence-electron chi connectivity index (χ0n) is 43.7. The molecule has 13 heteroatoms. The Bertz CT molecular complexity index is 1250. The van der Waals surface area contributed by atoms with E-state index in [4.69, 9.17) is 18.9 Å². The minimum absolute atomic E-state index is 0.173. The molecule has 0 radical (unpaired) electrons. The molecule has 1 saturated heterocycles. The van der Waals surface area contributed by atoms with Gasteiger partial charge in [0.05, 0.1) is 6.61 Å². The Morgan fingerprint density at radius 3 is 1.07 bits per heavy atom. The molecule has 1 rings (SSSR count). The van der Waals surface area contributed by atoms with E-state index in [2.05, 4.69) is 13.8 Å². The minimum Gasteiger partial charge on any atom is -0.462 e. The third kappa shape index (κ3) is 39.3. The van der Waals surface area contributed by atoms with Crippen LogP contribution >= 0.6 is 0 Å². The van der Waals surface area contributed by atoms with E-state index in [0.717, 1.165) is 38.5 Å². The van der Waals surface area contributed by atoms with Crippen LogP contribution in [-0.4, -0.2) is 96.0 Å². The standard InChI is InChI=1S/C55H106O12S/c1-3-5-7-9-11-13-15-17-19-21-23-24-26-28-30-32-34-36-38-40-42-44-51(57)66-48(46-65-55-54(60)53(59)52(58)49(67-55)47-68(61,62)63)45-64-50(56)43-41-39-37-35-33-31-29-27-25-22-20-18-16-14-12-10-8-6-4-2/h48-49,52-55,58-60H,3-47H2,1-2H3,(H,61,62,63). The number of hydrogen-bond donors (Lipinski definition) is 4. The lowest BCUT2D eigenvalue weighted by Gasteiger charge is -2.40. The zero-order chi connectivity index (χ0) is 49.8. The predicted octanol–water partition coefficient (Wildman–Crippen LogP) is 13.6. The maximum absolute atomic E-state index is 12.9. The number of aliphatic hydroxyl groups excluding tert-OH is 3. The Labute approximate surface area is 416 Å². The first-order valence-corrected chi connectivity index (χ1v) is 30.2.